The van der Waals surface area contributed by atoms with Gasteiger partial charge in [0.2, 0.25) is 0 Å². The summed E-state index contributed by atoms with van der Waals surface area (Å²) in [5, 5.41) is 1.71. The van der Waals surface area contributed by atoms with Gasteiger partial charge in [0.25, 0.3) is 0 Å². The van der Waals surface area contributed by atoms with Crippen LogP contribution in [0.4, 0.5) is 17.1 Å². The van der Waals surface area contributed by atoms with Gasteiger partial charge in [0.15, 0.2) is 0 Å². The molecule has 1 heterocycles. The highest BCUT2D eigenvalue weighted by atomic mass is 79.9. The van der Waals surface area contributed by atoms with Gasteiger partial charge in [-0.2, -0.15) is 0 Å². The summed E-state index contributed by atoms with van der Waals surface area (Å²) in [6.07, 6.45) is 0. The highest BCUT2D eigenvalue weighted by Crippen LogP contribution is 2.48. The fourth-order valence-electron chi connectivity index (χ4n) is 2.03. The van der Waals surface area contributed by atoms with Crippen molar-refractivity contribution in [2.45, 2.75) is 0 Å². The molecule has 0 spiro atoms. The van der Waals surface area contributed by atoms with Crippen molar-refractivity contribution in [1.29, 1.82) is 0 Å². The van der Waals surface area contributed by atoms with Crippen molar-refractivity contribution in [3.63, 3.8) is 0 Å². The molecule has 2 aromatic rings. The van der Waals surface area contributed by atoms with Gasteiger partial charge in [-0.05, 0) is 36.4 Å². The van der Waals surface area contributed by atoms with Crippen LogP contribution in [0.2, 0.25) is 5.02 Å². The molecule has 1 aliphatic rings. The predicted molar refractivity (Wildman–Crippen MR) is 88.8 cm³/mol. The van der Waals surface area contributed by atoms with Crippen molar-refractivity contribution in [3.8, 4) is 0 Å². The first-order valence-corrected chi connectivity index (χ1v) is 8.19. The lowest BCUT2D eigenvalue weighted by Crippen LogP contribution is -2.15. The molecular formula is C14H12BrClN2S. The quantitative estimate of drug-likeness (QED) is 0.548. The van der Waals surface area contributed by atoms with Crippen LogP contribution in [-0.2, 0) is 0 Å². The molecule has 0 fully saturated rings. The Morgan fingerprint density at radius 1 is 1.00 bits per heavy atom. The molecule has 1 aliphatic heterocycles. The Hall–Kier alpha value is -0.840. The van der Waals surface area contributed by atoms with E-state index in [1.54, 1.807) is 12.1 Å². The fraction of sp³-hybridized carbons (Fsp3) is 0.143. The molecule has 0 amide bonds. The number of anilines is 3. The van der Waals surface area contributed by atoms with E-state index in [0.29, 0.717) is 0 Å². The van der Waals surface area contributed by atoms with Crippen molar-refractivity contribution in [2.75, 3.05) is 20.5 Å². The van der Waals surface area contributed by atoms with Crippen LogP contribution in [0.25, 0.3) is 0 Å². The molecule has 2 aromatic carbocycles. The van der Waals surface area contributed by atoms with Crippen LogP contribution in [-0.4, -0.2) is 11.9 Å². The second kappa shape index (κ2) is 5.65. The summed E-state index contributed by atoms with van der Waals surface area (Å²) in [5.74, 6) is 0. The number of alkyl halides is 1. The van der Waals surface area contributed by atoms with E-state index in [1.807, 2.05) is 24.3 Å². The maximum Gasteiger partial charge on any atom is 0.0784 e. The van der Waals surface area contributed by atoms with Gasteiger partial charge >= 0.3 is 0 Å². The molecule has 0 radical (unpaired) electrons. The van der Waals surface area contributed by atoms with Gasteiger partial charge in [-0.1, -0.05) is 39.7 Å². The normalized spacial score (nSPS) is 13.8. The number of rotatable bonds is 3. The van der Waals surface area contributed by atoms with Crippen LogP contribution in [0.5, 0.6) is 0 Å². The zero-order chi connectivity index (χ0) is 13.2. The molecule has 0 aliphatic carbocycles. The lowest BCUT2D eigenvalue weighted by molar-refractivity contribution is 1.15. The summed E-state index contributed by atoms with van der Waals surface area (Å²) in [4.78, 5) is 0. The molecule has 0 saturated carbocycles. The van der Waals surface area contributed by atoms with E-state index in [9.17, 15) is 0 Å². The first-order valence-electron chi connectivity index (χ1n) is 5.96. The fourth-order valence-corrected chi connectivity index (χ4v) is 3.82. The Morgan fingerprint density at radius 3 is 2.37 bits per heavy atom. The molecular weight excluding hydrogens is 344 g/mol. The number of halogens is 2. The molecule has 0 bridgehead atoms. The van der Waals surface area contributed by atoms with Gasteiger partial charge in [0.05, 0.1) is 29.2 Å². The van der Waals surface area contributed by atoms with Crippen molar-refractivity contribution < 1.29 is 0 Å². The Bertz CT molecular complexity index is 576. The standard InChI is InChI=1S/C14H12BrClN2S/c15-9-10-17-13-3-1-2-4-14(13)18(19-17)12-7-5-11(16)6-8-12/h1-8H,9-10H2. The zero-order valence-corrected chi connectivity index (χ0v) is 13.3. The van der Waals surface area contributed by atoms with Crippen molar-refractivity contribution in [1.82, 2.24) is 0 Å². The Labute approximate surface area is 130 Å². The van der Waals surface area contributed by atoms with Crippen LogP contribution in [0, 0.1) is 0 Å². The Kier molecular flexibility index (Phi) is 3.91. The molecule has 0 saturated heterocycles. The largest absolute Gasteiger partial charge is 0.295 e. The van der Waals surface area contributed by atoms with Gasteiger partial charge < -0.3 is 0 Å². The van der Waals surface area contributed by atoms with Gasteiger partial charge in [-0.3, -0.25) is 8.61 Å². The second-order valence-electron chi connectivity index (χ2n) is 4.13. The SMILES string of the molecule is Clc1ccc(N2SN(CCBr)c3ccccc32)cc1. The smallest absolute Gasteiger partial charge is 0.0784 e. The van der Waals surface area contributed by atoms with E-state index in [1.165, 1.54) is 11.4 Å². The number of fused-ring (bicyclic) bond motifs is 1. The lowest BCUT2D eigenvalue weighted by atomic mass is 10.2. The maximum atomic E-state index is 5.96. The number of hydrogen-bond acceptors (Lipinski definition) is 3. The van der Waals surface area contributed by atoms with Crippen LogP contribution < -0.4 is 8.61 Å². The van der Waals surface area contributed by atoms with Gasteiger partial charge in [0, 0.05) is 16.9 Å². The highest BCUT2D eigenvalue weighted by molar-refractivity contribution is 9.09. The van der Waals surface area contributed by atoms with Crippen LogP contribution >= 0.6 is 39.7 Å². The Balaban J connectivity index is 1.98. The summed E-state index contributed by atoms with van der Waals surface area (Å²) in [6.45, 7) is 0.964. The minimum atomic E-state index is 0.763. The second-order valence-corrected chi connectivity index (χ2v) is 6.33. The molecule has 2 nitrogen and oxygen atoms in total. The minimum Gasteiger partial charge on any atom is -0.295 e. The molecule has 0 unspecified atom stereocenters. The summed E-state index contributed by atoms with van der Waals surface area (Å²) in [5.41, 5.74) is 3.61. The molecule has 5 heteroatoms. The zero-order valence-electron chi connectivity index (χ0n) is 10.1. The van der Waals surface area contributed by atoms with E-state index in [-0.39, 0.29) is 0 Å². The average Bonchev–Trinajstić information content (AvgIpc) is 2.80. The third kappa shape index (κ3) is 2.57. The minimum absolute atomic E-state index is 0.763. The van der Waals surface area contributed by atoms with E-state index in [2.05, 4.69) is 48.8 Å². The number of benzene rings is 2. The molecule has 0 aromatic heterocycles. The van der Waals surface area contributed by atoms with Crippen LogP contribution in [0.1, 0.15) is 0 Å². The third-order valence-corrected chi connectivity index (χ3v) is 4.65. The van der Waals surface area contributed by atoms with Crippen molar-refractivity contribution >= 4 is 56.7 Å². The maximum absolute atomic E-state index is 5.96. The first kappa shape index (κ1) is 13.2. The first-order chi connectivity index (χ1) is 9.29. The topological polar surface area (TPSA) is 6.48 Å². The highest BCUT2D eigenvalue weighted by Gasteiger charge is 2.27. The third-order valence-electron chi connectivity index (χ3n) is 2.90. The summed E-state index contributed by atoms with van der Waals surface area (Å²) in [6, 6.07) is 16.4. The number of para-hydroxylation sites is 2. The molecule has 0 N–H and O–H groups in total. The molecule has 98 valence electrons. The number of nitrogens with zero attached hydrogens (tertiary/aromatic N) is 2. The van der Waals surface area contributed by atoms with Gasteiger partial charge in [-0.25, -0.2) is 0 Å². The van der Waals surface area contributed by atoms with Crippen LogP contribution in [0.3, 0.4) is 0 Å². The van der Waals surface area contributed by atoms with Crippen molar-refractivity contribution in [2.24, 2.45) is 0 Å². The summed E-state index contributed by atoms with van der Waals surface area (Å²) < 4.78 is 4.52. The van der Waals surface area contributed by atoms with E-state index in [0.717, 1.165) is 22.6 Å². The summed E-state index contributed by atoms with van der Waals surface area (Å²) >= 11 is 11.2. The van der Waals surface area contributed by atoms with Crippen molar-refractivity contribution in [3.05, 3.63) is 53.6 Å². The predicted octanol–water partition coefficient (Wildman–Crippen LogP) is 5.26. The van der Waals surface area contributed by atoms with Gasteiger partial charge in [-0.15, -0.1) is 0 Å². The number of hydrogen-bond donors (Lipinski definition) is 0. The lowest BCUT2D eigenvalue weighted by Gasteiger charge is -2.18. The molecule has 3 rings (SSSR count). The van der Waals surface area contributed by atoms with E-state index < -0.39 is 0 Å². The average molecular weight is 356 g/mol. The monoisotopic (exact) mass is 354 g/mol. The van der Waals surface area contributed by atoms with Crippen LogP contribution in [0.15, 0.2) is 48.5 Å². The van der Waals surface area contributed by atoms with E-state index in [4.69, 9.17) is 11.6 Å². The molecule has 19 heavy (non-hydrogen) atoms. The Morgan fingerprint density at radius 2 is 1.68 bits per heavy atom. The van der Waals surface area contributed by atoms with Gasteiger partial charge in [0.1, 0.15) is 0 Å². The van der Waals surface area contributed by atoms with E-state index >= 15 is 0 Å². The summed E-state index contributed by atoms with van der Waals surface area (Å²) in [7, 11) is 0. The molecule has 0 atom stereocenters.